The van der Waals surface area contributed by atoms with E-state index < -0.39 is 5.97 Å². The van der Waals surface area contributed by atoms with Crippen LogP contribution in [0.25, 0.3) is 0 Å². The molecular weight excluding hydrogens is 264 g/mol. The molecule has 1 fully saturated rings. The van der Waals surface area contributed by atoms with Gasteiger partial charge in [0.1, 0.15) is 0 Å². The van der Waals surface area contributed by atoms with E-state index in [2.05, 4.69) is 22.4 Å². The van der Waals surface area contributed by atoms with Gasteiger partial charge in [0.2, 0.25) is 0 Å². The van der Waals surface area contributed by atoms with Crippen molar-refractivity contribution in [2.75, 3.05) is 5.32 Å². The van der Waals surface area contributed by atoms with Crippen molar-refractivity contribution in [3.8, 4) is 0 Å². The predicted molar refractivity (Wildman–Crippen MR) is 81.4 cm³/mol. The van der Waals surface area contributed by atoms with Crippen molar-refractivity contribution >= 4 is 11.7 Å². The summed E-state index contributed by atoms with van der Waals surface area (Å²) in [7, 11) is 0. The van der Waals surface area contributed by atoms with E-state index >= 15 is 0 Å². The Morgan fingerprint density at radius 1 is 1.14 bits per heavy atom. The Morgan fingerprint density at radius 3 is 2.52 bits per heavy atom. The standard InChI is InChI=1S/C17H18N2O2/c20-16(21)13-10-15(12-18-11-13)19-17(8-4-5-9-17)14-6-2-1-3-7-14/h1-3,6-7,10-12,19H,4-5,8-9H2,(H,20,21). The number of rotatable bonds is 4. The number of nitrogens with zero attached hydrogens (tertiary/aromatic N) is 1. The first-order valence-electron chi connectivity index (χ1n) is 7.22. The van der Waals surface area contributed by atoms with E-state index in [1.165, 1.54) is 24.6 Å². The highest BCUT2D eigenvalue weighted by Crippen LogP contribution is 2.41. The van der Waals surface area contributed by atoms with Gasteiger partial charge in [-0.15, -0.1) is 0 Å². The molecule has 1 heterocycles. The molecule has 4 nitrogen and oxygen atoms in total. The predicted octanol–water partition coefficient (Wildman–Crippen LogP) is 3.66. The number of aromatic carboxylic acids is 1. The Morgan fingerprint density at radius 2 is 1.86 bits per heavy atom. The van der Waals surface area contributed by atoms with Crippen molar-refractivity contribution in [2.45, 2.75) is 31.2 Å². The van der Waals surface area contributed by atoms with E-state index in [1.54, 1.807) is 12.3 Å². The Bertz CT molecular complexity index is 634. The molecule has 1 saturated carbocycles. The Hall–Kier alpha value is -2.36. The number of anilines is 1. The minimum atomic E-state index is -0.952. The van der Waals surface area contributed by atoms with Crippen molar-refractivity contribution in [2.24, 2.45) is 0 Å². The molecule has 4 heteroatoms. The second kappa shape index (κ2) is 5.56. The molecule has 2 N–H and O–H groups in total. The van der Waals surface area contributed by atoms with Gasteiger partial charge in [-0.05, 0) is 24.5 Å². The average molecular weight is 282 g/mol. The van der Waals surface area contributed by atoms with E-state index in [9.17, 15) is 4.79 Å². The van der Waals surface area contributed by atoms with Crippen LogP contribution in [-0.4, -0.2) is 16.1 Å². The summed E-state index contributed by atoms with van der Waals surface area (Å²) in [5.41, 5.74) is 2.12. The summed E-state index contributed by atoms with van der Waals surface area (Å²) in [6.45, 7) is 0. The van der Waals surface area contributed by atoms with Crippen LogP contribution in [-0.2, 0) is 5.54 Å². The molecule has 0 spiro atoms. The third kappa shape index (κ3) is 2.75. The van der Waals surface area contributed by atoms with Gasteiger partial charge in [-0.1, -0.05) is 43.2 Å². The topological polar surface area (TPSA) is 62.2 Å². The zero-order chi connectivity index (χ0) is 14.7. The van der Waals surface area contributed by atoms with Gasteiger partial charge >= 0.3 is 5.97 Å². The maximum absolute atomic E-state index is 11.1. The SMILES string of the molecule is O=C(O)c1cncc(NC2(c3ccccc3)CCCC2)c1. The number of hydrogen-bond donors (Lipinski definition) is 2. The van der Waals surface area contributed by atoms with Crippen LogP contribution in [0.1, 0.15) is 41.6 Å². The molecule has 0 aliphatic heterocycles. The van der Waals surface area contributed by atoms with E-state index in [-0.39, 0.29) is 11.1 Å². The zero-order valence-corrected chi connectivity index (χ0v) is 11.7. The molecule has 108 valence electrons. The quantitative estimate of drug-likeness (QED) is 0.898. The monoisotopic (exact) mass is 282 g/mol. The third-order valence-electron chi connectivity index (χ3n) is 4.15. The Labute approximate surface area is 123 Å². The maximum atomic E-state index is 11.1. The van der Waals surface area contributed by atoms with Gasteiger partial charge in [0.15, 0.2) is 0 Å². The van der Waals surface area contributed by atoms with E-state index in [0.717, 1.165) is 18.5 Å². The number of carbonyl (C=O) groups is 1. The number of carboxylic acids is 1. The number of benzene rings is 1. The van der Waals surface area contributed by atoms with E-state index in [1.807, 2.05) is 18.2 Å². The maximum Gasteiger partial charge on any atom is 0.337 e. The van der Waals surface area contributed by atoms with Crippen LogP contribution in [0.4, 0.5) is 5.69 Å². The van der Waals surface area contributed by atoms with Crippen LogP contribution in [0.5, 0.6) is 0 Å². The Balaban J connectivity index is 1.93. The molecular formula is C17H18N2O2. The first-order valence-corrected chi connectivity index (χ1v) is 7.22. The van der Waals surface area contributed by atoms with Crippen molar-refractivity contribution in [3.63, 3.8) is 0 Å². The van der Waals surface area contributed by atoms with Gasteiger partial charge < -0.3 is 10.4 Å². The van der Waals surface area contributed by atoms with Crippen LogP contribution in [0.15, 0.2) is 48.8 Å². The highest BCUT2D eigenvalue weighted by atomic mass is 16.4. The lowest BCUT2D eigenvalue weighted by atomic mass is 9.88. The van der Waals surface area contributed by atoms with Crippen molar-refractivity contribution in [1.82, 2.24) is 4.98 Å². The van der Waals surface area contributed by atoms with Gasteiger partial charge in [0.05, 0.1) is 23.0 Å². The van der Waals surface area contributed by atoms with Gasteiger partial charge in [-0.2, -0.15) is 0 Å². The number of aromatic nitrogens is 1. The molecule has 3 rings (SSSR count). The summed E-state index contributed by atoms with van der Waals surface area (Å²) >= 11 is 0. The fraction of sp³-hybridized carbons (Fsp3) is 0.294. The van der Waals surface area contributed by atoms with Gasteiger partial charge in [-0.25, -0.2) is 4.79 Å². The van der Waals surface area contributed by atoms with Crippen LogP contribution in [0.2, 0.25) is 0 Å². The van der Waals surface area contributed by atoms with Crippen LogP contribution in [0, 0.1) is 0 Å². The number of carboxylic acid groups (broad SMARTS) is 1. The lowest BCUT2D eigenvalue weighted by Gasteiger charge is -2.32. The summed E-state index contributed by atoms with van der Waals surface area (Å²) in [4.78, 5) is 15.1. The molecule has 21 heavy (non-hydrogen) atoms. The second-order valence-electron chi connectivity index (χ2n) is 5.55. The minimum Gasteiger partial charge on any atom is -0.478 e. The molecule has 0 radical (unpaired) electrons. The summed E-state index contributed by atoms with van der Waals surface area (Å²) in [5, 5.41) is 12.6. The largest absolute Gasteiger partial charge is 0.478 e. The molecule has 0 atom stereocenters. The van der Waals surface area contributed by atoms with Crippen LogP contribution in [0.3, 0.4) is 0 Å². The first-order chi connectivity index (χ1) is 10.2. The summed E-state index contributed by atoms with van der Waals surface area (Å²) in [6, 6.07) is 12.0. The third-order valence-corrected chi connectivity index (χ3v) is 4.15. The molecule has 1 aliphatic carbocycles. The highest BCUT2D eigenvalue weighted by molar-refractivity contribution is 5.88. The van der Waals surface area contributed by atoms with Gasteiger partial charge in [-0.3, -0.25) is 4.98 Å². The Kier molecular flexibility index (Phi) is 3.60. The fourth-order valence-electron chi connectivity index (χ4n) is 3.12. The minimum absolute atomic E-state index is 0.111. The fourth-order valence-corrected chi connectivity index (χ4v) is 3.12. The molecule has 0 saturated heterocycles. The smallest absolute Gasteiger partial charge is 0.337 e. The molecule has 1 aromatic carbocycles. The average Bonchev–Trinajstić information content (AvgIpc) is 2.98. The number of nitrogens with one attached hydrogen (secondary N) is 1. The van der Waals surface area contributed by atoms with E-state index in [4.69, 9.17) is 5.11 Å². The summed E-state index contributed by atoms with van der Waals surface area (Å²) in [5.74, 6) is -0.952. The number of pyridine rings is 1. The van der Waals surface area contributed by atoms with Crippen molar-refractivity contribution in [1.29, 1.82) is 0 Å². The van der Waals surface area contributed by atoms with Crippen molar-refractivity contribution in [3.05, 3.63) is 59.9 Å². The normalized spacial score (nSPS) is 16.6. The molecule has 2 aromatic rings. The van der Waals surface area contributed by atoms with Crippen molar-refractivity contribution < 1.29 is 9.90 Å². The zero-order valence-electron chi connectivity index (χ0n) is 11.7. The molecule has 0 unspecified atom stereocenters. The molecule has 0 amide bonds. The highest BCUT2D eigenvalue weighted by Gasteiger charge is 2.35. The second-order valence-corrected chi connectivity index (χ2v) is 5.55. The van der Waals surface area contributed by atoms with Crippen LogP contribution >= 0.6 is 0 Å². The molecule has 1 aliphatic rings. The summed E-state index contributed by atoms with van der Waals surface area (Å²) < 4.78 is 0. The van der Waals surface area contributed by atoms with Gasteiger partial charge in [0.25, 0.3) is 0 Å². The van der Waals surface area contributed by atoms with Crippen LogP contribution < -0.4 is 5.32 Å². The lowest BCUT2D eigenvalue weighted by Crippen LogP contribution is -2.32. The van der Waals surface area contributed by atoms with E-state index in [0.29, 0.717) is 0 Å². The summed E-state index contributed by atoms with van der Waals surface area (Å²) in [6.07, 6.45) is 7.51. The lowest BCUT2D eigenvalue weighted by molar-refractivity contribution is 0.0696. The first kappa shape index (κ1) is 13.6. The van der Waals surface area contributed by atoms with Gasteiger partial charge in [0, 0.05) is 6.20 Å². The number of hydrogen-bond acceptors (Lipinski definition) is 3. The molecule has 0 bridgehead atoms. The molecule has 1 aromatic heterocycles.